The Kier molecular flexibility index (Phi) is 7.86. The van der Waals surface area contributed by atoms with Crippen LogP contribution in [0.25, 0.3) is 0 Å². The summed E-state index contributed by atoms with van der Waals surface area (Å²) < 4.78 is 11.2. The fourth-order valence-electron chi connectivity index (χ4n) is 3.81. The Morgan fingerprint density at radius 3 is 2.44 bits per heavy atom. The van der Waals surface area contributed by atoms with Crippen LogP contribution in [0, 0.1) is 23.7 Å². The molecule has 2 N–H and O–H groups in total. The highest BCUT2D eigenvalue weighted by molar-refractivity contribution is 5.79. The molecular formula is C20H37N3O2. The van der Waals surface area contributed by atoms with E-state index in [1.807, 2.05) is 0 Å². The molecule has 1 aliphatic heterocycles. The van der Waals surface area contributed by atoms with E-state index in [-0.39, 0.29) is 0 Å². The predicted octanol–water partition coefficient (Wildman–Crippen LogP) is 2.81. The SMILES string of the molecule is CCNC(=NCC(C1CC1)C1CC1)NCCCOCC1CCOCC1. The average molecular weight is 352 g/mol. The molecule has 5 nitrogen and oxygen atoms in total. The normalized spacial score (nSPS) is 22.4. The molecule has 3 aliphatic rings. The first kappa shape index (κ1) is 19.0. The second-order valence-corrected chi connectivity index (χ2v) is 7.97. The molecule has 0 aromatic heterocycles. The first-order chi connectivity index (χ1) is 12.4. The fraction of sp³-hybridized carbons (Fsp3) is 0.950. The lowest BCUT2D eigenvalue weighted by Crippen LogP contribution is -2.38. The third-order valence-corrected chi connectivity index (χ3v) is 5.71. The van der Waals surface area contributed by atoms with Gasteiger partial charge in [-0.25, -0.2) is 0 Å². The van der Waals surface area contributed by atoms with Crippen molar-refractivity contribution in [3.8, 4) is 0 Å². The number of nitrogens with one attached hydrogen (secondary N) is 2. The quantitative estimate of drug-likeness (QED) is 0.341. The van der Waals surface area contributed by atoms with Gasteiger partial charge in [-0.1, -0.05) is 0 Å². The Balaban J connectivity index is 1.27. The highest BCUT2D eigenvalue weighted by Crippen LogP contribution is 2.49. The number of guanidine groups is 1. The molecule has 2 saturated carbocycles. The maximum absolute atomic E-state index is 5.84. The Morgan fingerprint density at radius 2 is 1.80 bits per heavy atom. The molecule has 0 spiro atoms. The summed E-state index contributed by atoms with van der Waals surface area (Å²) >= 11 is 0. The molecule has 0 amide bonds. The standard InChI is InChI=1S/C20H37N3O2/c1-2-21-20(23-14-19(17-4-5-17)18-6-7-18)22-10-3-11-25-15-16-8-12-24-13-9-16/h16-19H,2-15H2,1H3,(H2,21,22,23). The van der Waals surface area contributed by atoms with Gasteiger partial charge in [-0.2, -0.15) is 0 Å². The molecule has 25 heavy (non-hydrogen) atoms. The highest BCUT2D eigenvalue weighted by atomic mass is 16.5. The number of nitrogens with zero attached hydrogens (tertiary/aromatic N) is 1. The molecule has 2 aliphatic carbocycles. The van der Waals surface area contributed by atoms with E-state index in [4.69, 9.17) is 14.5 Å². The van der Waals surface area contributed by atoms with E-state index in [0.717, 1.165) is 89.0 Å². The third-order valence-electron chi connectivity index (χ3n) is 5.71. The Labute approximate surface area is 153 Å². The average Bonchev–Trinajstić information content (AvgIpc) is 3.53. The van der Waals surface area contributed by atoms with Crippen molar-refractivity contribution in [1.29, 1.82) is 0 Å². The molecule has 0 radical (unpaired) electrons. The largest absolute Gasteiger partial charge is 0.381 e. The van der Waals surface area contributed by atoms with Gasteiger partial charge in [-0.15, -0.1) is 0 Å². The van der Waals surface area contributed by atoms with Gasteiger partial charge in [0, 0.05) is 46.1 Å². The van der Waals surface area contributed by atoms with Gasteiger partial charge in [-0.05, 0) is 75.5 Å². The lowest BCUT2D eigenvalue weighted by Gasteiger charge is -2.21. The summed E-state index contributed by atoms with van der Waals surface area (Å²) in [6.45, 7) is 8.51. The van der Waals surface area contributed by atoms with E-state index >= 15 is 0 Å². The Bertz CT molecular complexity index is 390. The lowest BCUT2D eigenvalue weighted by atomic mass is 9.98. The van der Waals surface area contributed by atoms with Gasteiger partial charge in [0.15, 0.2) is 5.96 Å². The van der Waals surface area contributed by atoms with Crippen molar-refractivity contribution in [2.24, 2.45) is 28.7 Å². The summed E-state index contributed by atoms with van der Waals surface area (Å²) in [4.78, 5) is 4.87. The zero-order chi connectivity index (χ0) is 17.3. The molecule has 3 rings (SSSR count). The summed E-state index contributed by atoms with van der Waals surface area (Å²) in [5.41, 5.74) is 0. The van der Waals surface area contributed by atoms with Crippen LogP contribution in [-0.4, -0.2) is 52.0 Å². The van der Waals surface area contributed by atoms with Crippen molar-refractivity contribution in [3.05, 3.63) is 0 Å². The van der Waals surface area contributed by atoms with Crippen molar-refractivity contribution in [3.63, 3.8) is 0 Å². The second-order valence-electron chi connectivity index (χ2n) is 7.97. The van der Waals surface area contributed by atoms with Crippen molar-refractivity contribution in [2.75, 3.05) is 46.1 Å². The van der Waals surface area contributed by atoms with Crippen molar-refractivity contribution in [1.82, 2.24) is 10.6 Å². The predicted molar refractivity (Wildman–Crippen MR) is 102 cm³/mol. The summed E-state index contributed by atoms with van der Waals surface area (Å²) in [7, 11) is 0. The first-order valence-corrected chi connectivity index (χ1v) is 10.5. The summed E-state index contributed by atoms with van der Waals surface area (Å²) in [5, 5.41) is 6.86. The number of ether oxygens (including phenoxy) is 2. The minimum Gasteiger partial charge on any atom is -0.381 e. The monoisotopic (exact) mass is 351 g/mol. The molecule has 5 heteroatoms. The number of aliphatic imine (C=N–C) groups is 1. The van der Waals surface area contributed by atoms with Crippen molar-refractivity contribution >= 4 is 5.96 Å². The lowest BCUT2D eigenvalue weighted by molar-refractivity contribution is 0.0203. The van der Waals surface area contributed by atoms with E-state index in [9.17, 15) is 0 Å². The molecule has 3 fully saturated rings. The van der Waals surface area contributed by atoms with Crippen LogP contribution in [-0.2, 0) is 9.47 Å². The van der Waals surface area contributed by atoms with Crippen LogP contribution in [0.1, 0.15) is 51.9 Å². The van der Waals surface area contributed by atoms with Crippen LogP contribution in [0.2, 0.25) is 0 Å². The van der Waals surface area contributed by atoms with E-state index in [1.54, 1.807) is 0 Å². The van der Waals surface area contributed by atoms with Crippen LogP contribution in [0.15, 0.2) is 4.99 Å². The van der Waals surface area contributed by atoms with E-state index < -0.39 is 0 Å². The number of hydrogen-bond acceptors (Lipinski definition) is 3. The van der Waals surface area contributed by atoms with Gasteiger partial charge in [0.1, 0.15) is 0 Å². The molecule has 0 atom stereocenters. The first-order valence-electron chi connectivity index (χ1n) is 10.5. The topological polar surface area (TPSA) is 54.9 Å². The zero-order valence-corrected chi connectivity index (χ0v) is 16.0. The van der Waals surface area contributed by atoms with Crippen LogP contribution in [0.5, 0.6) is 0 Å². The van der Waals surface area contributed by atoms with Crippen LogP contribution in [0.4, 0.5) is 0 Å². The summed E-state index contributed by atoms with van der Waals surface area (Å²) in [6.07, 6.45) is 9.08. The molecule has 1 saturated heterocycles. The van der Waals surface area contributed by atoms with Crippen LogP contribution in [0.3, 0.4) is 0 Å². The van der Waals surface area contributed by atoms with Gasteiger partial charge in [0.05, 0.1) is 0 Å². The number of rotatable bonds is 11. The summed E-state index contributed by atoms with van der Waals surface area (Å²) in [5.74, 6) is 4.47. The smallest absolute Gasteiger partial charge is 0.191 e. The fourth-order valence-corrected chi connectivity index (χ4v) is 3.81. The van der Waals surface area contributed by atoms with Crippen molar-refractivity contribution < 1.29 is 9.47 Å². The van der Waals surface area contributed by atoms with E-state index in [1.165, 1.54) is 25.7 Å². The highest BCUT2D eigenvalue weighted by Gasteiger charge is 2.41. The van der Waals surface area contributed by atoms with Crippen LogP contribution >= 0.6 is 0 Å². The molecule has 144 valence electrons. The van der Waals surface area contributed by atoms with Gasteiger partial charge in [0.25, 0.3) is 0 Å². The van der Waals surface area contributed by atoms with Crippen LogP contribution < -0.4 is 10.6 Å². The maximum atomic E-state index is 5.84. The molecule has 1 heterocycles. The third kappa shape index (κ3) is 7.14. The Morgan fingerprint density at radius 1 is 1.08 bits per heavy atom. The number of hydrogen-bond donors (Lipinski definition) is 2. The summed E-state index contributed by atoms with van der Waals surface area (Å²) in [6, 6.07) is 0. The van der Waals surface area contributed by atoms with Gasteiger partial charge in [0.2, 0.25) is 0 Å². The zero-order valence-electron chi connectivity index (χ0n) is 16.0. The van der Waals surface area contributed by atoms with Gasteiger partial charge >= 0.3 is 0 Å². The minimum atomic E-state index is 0.697. The Hall–Kier alpha value is -0.810. The van der Waals surface area contributed by atoms with Gasteiger partial charge in [-0.3, -0.25) is 4.99 Å². The van der Waals surface area contributed by atoms with Crippen molar-refractivity contribution in [2.45, 2.75) is 51.9 Å². The molecular weight excluding hydrogens is 314 g/mol. The minimum absolute atomic E-state index is 0.697. The molecule has 0 aromatic rings. The van der Waals surface area contributed by atoms with E-state index in [2.05, 4.69) is 17.6 Å². The molecule has 0 unspecified atom stereocenters. The molecule has 0 aromatic carbocycles. The molecule has 0 bridgehead atoms. The van der Waals surface area contributed by atoms with Gasteiger partial charge < -0.3 is 20.1 Å². The maximum Gasteiger partial charge on any atom is 0.191 e. The van der Waals surface area contributed by atoms with E-state index in [0.29, 0.717) is 5.92 Å². The second kappa shape index (κ2) is 10.4.